The highest BCUT2D eigenvalue weighted by Crippen LogP contribution is 1.99. The molecule has 102 valence electrons. The Bertz CT molecular complexity index is 694. The fraction of sp³-hybridized carbons (Fsp3) is 0.214. The maximum Gasteiger partial charge on any atom is 0.384 e. The van der Waals surface area contributed by atoms with Gasteiger partial charge in [0.15, 0.2) is 19.0 Å². The predicted molar refractivity (Wildman–Crippen MR) is 68.3 cm³/mol. The molecule has 0 fully saturated rings. The summed E-state index contributed by atoms with van der Waals surface area (Å²) in [5, 5.41) is 0. The summed E-state index contributed by atoms with van der Waals surface area (Å²) in [4.78, 5) is 22.3. The van der Waals surface area contributed by atoms with Gasteiger partial charge in [-0.05, 0) is 18.1 Å². The summed E-state index contributed by atoms with van der Waals surface area (Å²) in [5.74, 6) is 3.49. The van der Waals surface area contributed by atoms with Gasteiger partial charge in [0, 0.05) is 12.1 Å². The molecule has 2 aromatic heterocycles. The van der Waals surface area contributed by atoms with E-state index in [9.17, 15) is 9.59 Å². The monoisotopic (exact) mass is 273 g/mol. The molecule has 0 spiro atoms. The molecule has 0 aliphatic heterocycles. The SMILES string of the molecule is COC(=O)C#CCOC(=O)C[n+]1ccn2cccc2c1. The molecule has 0 aromatic carbocycles. The molecule has 0 atom stereocenters. The van der Waals surface area contributed by atoms with Crippen molar-refractivity contribution in [2.45, 2.75) is 6.54 Å². The zero-order valence-electron chi connectivity index (χ0n) is 10.9. The Balaban J connectivity index is 1.87. The van der Waals surface area contributed by atoms with Crippen molar-refractivity contribution in [2.24, 2.45) is 0 Å². The molecule has 0 radical (unpaired) electrons. The molecule has 0 amide bonds. The van der Waals surface area contributed by atoms with Crippen LogP contribution in [0.3, 0.4) is 0 Å². The maximum absolute atomic E-state index is 11.6. The number of aromatic nitrogens is 2. The lowest BCUT2D eigenvalue weighted by atomic mass is 10.5. The second kappa shape index (κ2) is 6.38. The van der Waals surface area contributed by atoms with Gasteiger partial charge in [-0.25, -0.2) is 9.59 Å². The molecule has 6 heteroatoms. The van der Waals surface area contributed by atoms with E-state index >= 15 is 0 Å². The van der Waals surface area contributed by atoms with Crippen LogP contribution in [0.4, 0.5) is 0 Å². The minimum absolute atomic E-state index is 0.0849. The third-order valence-electron chi connectivity index (χ3n) is 2.52. The van der Waals surface area contributed by atoms with E-state index in [4.69, 9.17) is 4.74 Å². The van der Waals surface area contributed by atoms with Crippen molar-refractivity contribution in [3.05, 3.63) is 36.9 Å². The van der Waals surface area contributed by atoms with Gasteiger partial charge in [0.25, 0.3) is 0 Å². The van der Waals surface area contributed by atoms with Gasteiger partial charge in [-0.3, -0.25) is 0 Å². The summed E-state index contributed by atoms with van der Waals surface area (Å²) >= 11 is 0. The summed E-state index contributed by atoms with van der Waals surface area (Å²) < 4.78 is 12.9. The molecule has 2 aromatic rings. The zero-order chi connectivity index (χ0) is 14.4. The molecule has 6 nitrogen and oxygen atoms in total. The molecular weight excluding hydrogens is 260 g/mol. The summed E-state index contributed by atoms with van der Waals surface area (Å²) in [6, 6.07) is 3.85. The van der Waals surface area contributed by atoms with Crippen LogP contribution in [0.5, 0.6) is 0 Å². The van der Waals surface area contributed by atoms with Crippen molar-refractivity contribution in [2.75, 3.05) is 13.7 Å². The van der Waals surface area contributed by atoms with E-state index in [0.29, 0.717) is 0 Å². The van der Waals surface area contributed by atoms with Gasteiger partial charge >= 0.3 is 11.9 Å². The zero-order valence-corrected chi connectivity index (χ0v) is 10.9. The van der Waals surface area contributed by atoms with E-state index in [1.807, 2.05) is 35.1 Å². The van der Waals surface area contributed by atoms with Crippen molar-refractivity contribution < 1.29 is 23.6 Å². The van der Waals surface area contributed by atoms with Gasteiger partial charge in [0.2, 0.25) is 6.54 Å². The van der Waals surface area contributed by atoms with Crippen LogP contribution >= 0.6 is 0 Å². The number of carbonyl (C=O) groups is 2. The van der Waals surface area contributed by atoms with E-state index in [2.05, 4.69) is 16.6 Å². The molecule has 0 saturated heterocycles. The quantitative estimate of drug-likeness (QED) is 0.340. The topological polar surface area (TPSA) is 60.9 Å². The second-order valence-electron chi connectivity index (χ2n) is 3.89. The molecule has 0 aliphatic carbocycles. The number of esters is 2. The number of nitrogens with zero attached hydrogens (tertiary/aromatic N) is 2. The lowest BCUT2D eigenvalue weighted by Crippen LogP contribution is -2.38. The Morgan fingerprint density at radius 2 is 2.25 bits per heavy atom. The number of ether oxygens (including phenoxy) is 2. The third kappa shape index (κ3) is 3.59. The fourth-order valence-corrected chi connectivity index (χ4v) is 1.59. The molecular formula is C14H13N2O4+. The van der Waals surface area contributed by atoms with E-state index < -0.39 is 11.9 Å². The fourth-order valence-electron chi connectivity index (χ4n) is 1.59. The summed E-state index contributed by atoms with van der Waals surface area (Å²) in [5.41, 5.74) is 0.978. The summed E-state index contributed by atoms with van der Waals surface area (Å²) in [6.07, 6.45) is 7.37. The average molecular weight is 273 g/mol. The van der Waals surface area contributed by atoms with E-state index in [-0.39, 0.29) is 13.2 Å². The minimum atomic E-state index is -0.658. The standard InChI is InChI=1S/C14H13N2O4/c1-19-13(17)5-3-9-20-14(18)11-15-7-8-16-6-2-4-12(16)10-15/h2,4,6-8,10H,9,11H2,1H3/q+1. The van der Waals surface area contributed by atoms with Crippen molar-refractivity contribution in [1.82, 2.24) is 4.40 Å². The van der Waals surface area contributed by atoms with Crippen molar-refractivity contribution in [3.8, 4) is 11.8 Å². The molecule has 20 heavy (non-hydrogen) atoms. The number of rotatable bonds is 3. The van der Waals surface area contributed by atoms with Crippen LogP contribution in [-0.4, -0.2) is 30.1 Å². The second-order valence-corrected chi connectivity index (χ2v) is 3.89. The number of methoxy groups -OCH3 is 1. The normalized spacial score (nSPS) is 9.65. The van der Waals surface area contributed by atoms with Gasteiger partial charge in [-0.2, -0.15) is 4.57 Å². The van der Waals surface area contributed by atoms with Crippen molar-refractivity contribution >= 4 is 17.5 Å². The number of hydrogen-bond donors (Lipinski definition) is 0. The van der Waals surface area contributed by atoms with Crippen LogP contribution < -0.4 is 4.57 Å². The minimum Gasteiger partial charge on any atom is -0.459 e. The van der Waals surface area contributed by atoms with Crippen LogP contribution in [0.2, 0.25) is 0 Å². The third-order valence-corrected chi connectivity index (χ3v) is 2.52. The van der Waals surface area contributed by atoms with Gasteiger partial charge in [0.1, 0.15) is 5.52 Å². The van der Waals surface area contributed by atoms with Gasteiger partial charge in [0.05, 0.1) is 13.3 Å². The molecule has 0 N–H and O–H groups in total. The lowest BCUT2D eigenvalue weighted by molar-refractivity contribution is -0.685. The molecule has 0 saturated carbocycles. The summed E-state index contributed by atoms with van der Waals surface area (Å²) in [6.45, 7) is -0.0521. The Labute approximate surface area is 115 Å². The highest BCUT2D eigenvalue weighted by atomic mass is 16.5. The molecule has 2 heterocycles. The lowest BCUT2D eigenvalue weighted by Gasteiger charge is -1.98. The maximum atomic E-state index is 11.6. The Morgan fingerprint density at radius 1 is 1.40 bits per heavy atom. The van der Waals surface area contributed by atoms with Crippen LogP contribution in [-0.2, 0) is 25.6 Å². The molecule has 0 aliphatic rings. The van der Waals surface area contributed by atoms with E-state index in [1.165, 1.54) is 7.11 Å². The first-order valence-corrected chi connectivity index (χ1v) is 5.87. The van der Waals surface area contributed by atoms with E-state index in [1.54, 1.807) is 10.8 Å². The number of carbonyl (C=O) groups excluding carboxylic acids is 2. The first-order chi connectivity index (χ1) is 9.69. The Morgan fingerprint density at radius 3 is 3.05 bits per heavy atom. The molecule has 0 bridgehead atoms. The van der Waals surface area contributed by atoms with Crippen molar-refractivity contribution in [1.29, 1.82) is 0 Å². The highest BCUT2D eigenvalue weighted by Gasteiger charge is 2.10. The van der Waals surface area contributed by atoms with Gasteiger partial charge in [-0.1, -0.05) is 0 Å². The van der Waals surface area contributed by atoms with Gasteiger partial charge < -0.3 is 13.9 Å². The van der Waals surface area contributed by atoms with Crippen LogP contribution in [0.25, 0.3) is 5.52 Å². The van der Waals surface area contributed by atoms with Crippen LogP contribution in [0.15, 0.2) is 36.9 Å². The van der Waals surface area contributed by atoms with Crippen molar-refractivity contribution in [3.63, 3.8) is 0 Å². The first kappa shape index (κ1) is 13.6. The van der Waals surface area contributed by atoms with Crippen LogP contribution in [0, 0.1) is 11.8 Å². The molecule has 2 rings (SSSR count). The highest BCUT2D eigenvalue weighted by molar-refractivity contribution is 5.88. The Hall–Kier alpha value is -2.81. The van der Waals surface area contributed by atoms with E-state index in [0.717, 1.165) is 5.52 Å². The van der Waals surface area contributed by atoms with Crippen LogP contribution in [0.1, 0.15) is 0 Å². The summed E-state index contributed by atoms with van der Waals surface area (Å²) in [7, 11) is 1.23. The first-order valence-electron chi connectivity index (χ1n) is 5.87. The van der Waals surface area contributed by atoms with Gasteiger partial charge in [-0.15, -0.1) is 0 Å². The predicted octanol–water partition coefficient (Wildman–Crippen LogP) is -0.0536. The molecule has 0 unspecified atom stereocenters. The smallest absolute Gasteiger partial charge is 0.384 e. The number of hydrogen-bond acceptors (Lipinski definition) is 4. The number of fused-ring (bicyclic) bond motifs is 1. The largest absolute Gasteiger partial charge is 0.459 e. The Kier molecular flexibility index (Phi) is 4.35. The average Bonchev–Trinajstić information content (AvgIpc) is 2.90.